The summed E-state index contributed by atoms with van der Waals surface area (Å²) in [5, 5.41) is 11.3. The predicted molar refractivity (Wildman–Crippen MR) is 112 cm³/mol. The number of aromatic hydroxyl groups is 1. The highest BCUT2D eigenvalue weighted by Gasteiger charge is 2.33. The van der Waals surface area contributed by atoms with E-state index < -0.39 is 0 Å². The molecule has 2 aromatic carbocycles. The van der Waals surface area contributed by atoms with Crippen LogP contribution in [0.1, 0.15) is 34.6 Å². The lowest BCUT2D eigenvalue weighted by molar-refractivity contribution is 0.103. The SMILES string of the molecule is COc1ccc2[nH]c3c(c2c1)CCN1C=C(C(=O)c2ccccc2O)C=C(C)C31. The number of H-pyrrole nitrogens is 1. The number of allylic oxidation sites excluding steroid dienone is 2. The number of para-hydroxylation sites is 1. The number of fused-ring (bicyclic) bond motifs is 5. The molecular weight excluding hydrogens is 364 g/mol. The topological polar surface area (TPSA) is 65.6 Å². The van der Waals surface area contributed by atoms with Gasteiger partial charge in [-0.25, -0.2) is 0 Å². The molecule has 2 aliphatic heterocycles. The van der Waals surface area contributed by atoms with E-state index in [1.165, 1.54) is 16.6 Å². The van der Waals surface area contributed by atoms with Gasteiger partial charge in [-0.05, 0) is 60.9 Å². The number of ketones is 1. The standard InChI is InChI=1S/C24H22N2O3/c1-14-11-15(24(28)18-5-3-4-6-21(18)27)13-26-10-9-17-19-12-16(29-2)7-8-20(19)25-22(17)23(14)26/h3-8,11-13,23,25,27H,9-10H2,1-2H3. The first kappa shape index (κ1) is 17.6. The number of methoxy groups -OCH3 is 1. The van der Waals surface area contributed by atoms with Crippen LogP contribution in [0.5, 0.6) is 11.5 Å². The highest BCUT2D eigenvalue weighted by molar-refractivity contribution is 6.12. The van der Waals surface area contributed by atoms with Gasteiger partial charge in [0.15, 0.2) is 5.78 Å². The molecule has 0 aliphatic carbocycles. The van der Waals surface area contributed by atoms with Gasteiger partial charge < -0.3 is 19.7 Å². The van der Waals surface area contributed by atoms with Gasteiger partial charge in [-0.15, -0.1) is 0 Å². The lowest BCUT2D eigenvalue weighted by Gasteiger charge is -2.38. The van der Waals surface area contributed by atoms with Crippen molar-refractivity contribution in [2.24, 2.45) is 0 Å². The first-order chi connectivity index (χ1) is 14.1. The zero-order chi connectivity index (χ0) is 20.1. The lowest BCUT2D eigenvalue weighted by atomic mass is 9.88. The molecule has 5 rings (SSSR count). The molecule has 5 heteroatoms. The van der Waals surface area contributed by atoms with E-state index in [-0.39, 0.29) is 17.6 Å². The van der Waals surface area contributed by atoms with E-state index in [0.717, 1.165) is 29.8 Å². The summed E-state index contributed by atoms with van der Waals surface area (Å²) >= 11 is 0. The van der Waals surface area contributed by atoms with Gasteiger partial charge >= 0.3 is 0 Å². The van der Waals surface area contributed by atoms with Crippen LogP contribution in [-0.4, -0.2) is 34.4 Å². The number of nitrogens with one attached hydrogen (secondary N) is 1. The Hall–Kier alpha value is -3.47. The van der Waals surface area contributed by atoms with E-state index in [1.807, 2.05) is 18.3 Å². The number of benzene rings is 2. The first-order valence-electron chi connectivity index (χ1n) is 9.74. The van der Waals surface area contributed by atoms with Gasteiger partial charge in [0.1, 0.15) is 11.5 Å². The molecule has 1 aromatic heterocycles. The number of aromatic nitrogens is 1. The first-order valence-corrected chi connectivity index (χ1v) is 9.74. The number of carbonyl (C=O) groups is 1. The van der Waals surface area contributed by atoms with Gasteiger partial charge in [-0.2, -0.15) is 0 Å². The predicted octanol–water partition coefficient (Wildman–Crippen LogP) is 4.51. The van der Waals surface area contributed by atoms with Gasteiger partial charge in [-0.1, -0.05) is 12.1 Å². The zero-order valence-electron chi connectivity index (χ0n) is 16.4. The Morgan fingerprint density at radius 2 is 2.07 bits per heavy atom. The third kappa shape index (κ3) is 2.73. The second-order valence-electron chi connectivity index (χ2n) is 7.64. The van der Waals surface area contributed by atoms with Gasteiger partial charge in [-0.3, -0.25) is 4.79 Å². The van der Waals surface area contributed by atoms with E-state index >= 15 is 0 Å². The average Bonchev–Trinajstić information content (AvgIpc) is 3.11. The van der Waals surface area contributed by atoms with Crippen LogP contribution in [0.25, 0.3) is 10.9 Å². The largest absolute Gasteiger partial charge is 0.507 e. The van der Waals surface area contributed by atoms with Crippen LogP contribution in [0.2, 0.25) is 0 Å². The van der Waals surface area contributed by atoms with Gasteiger partial charge in [0.2, 0.25) is 0 Å². The maximum absolute atomic E-state index is 13.0. The van der Waals surface area contributed by atoms with Crippen LogP contribution >= 0.6 is 0 Å². The number of carbonyl (C=O) groups excluding carboxylic acids is 1. The average molecular weight is 386 g/mol. The molecular formula is C24H22N2O3. The highest BCUT2D eigenvalue weighted by atomic mass is 16.5. The minimum atomic E-state index is -0.159. The third-order valence-electron chi connectivity index (χ3n) is 5.90. The lowest BCUT2D eigenvalue weighted by Crippen LogP contribution is -2.34. The van der Waals surface area contributed by atoms with Crippen molar-refractivity contribution in [2.45, 2.75) is 19.4 Å². The van der Waals surface area contributed by atoms with Crippen molar-refractivity contribution in [3.8, 4) is 11.5 Å². The number of hydrogen-bond acceptors (Lipinski definition) is 4. The summed E-state index contributed by atoms with van der Waals surface area (Å²) in [6.45, 7) is 2.88. The molecule has 0 radical (unpaired) electrons. The Kier molecular flexibility index (Phi) is 3.98. The Bertz CT molecular complexity index is 1200. The number of aromatic amines is 1. The van der Waals surface area contributed by atoms with Crippen LogP contribution < -0.4 is 4.74 Å². The van der Waals surface area contributed by atoms with Crippen molar-refractivity contribution in [1.29, 1.82) is 0 Å². The second-order valence-corrected chi connectivity index (χ2v) is 7.64. The van der Waals surface area contributed by atoms with E-state index in [2.05, 4.69) is 28.9 Å². The minimum Gasteiger partial charge on any atom is -0.507 e. The maximum atomic E-state index is 13.0. The van der Waals surface area contributed by atoms with E-state index in [9.17, 15) is 9.90 Å². The minimum absolute atomic E-state index is 0.0112. The van der Waals surface area contributed by atoms with Gasteiger partial charge in [0.05, 0.1) is 18.7 Å². The zero-order valence-corrected chi connectivity index (χ0v) is 16.4. The molecule has 146 valence electrons. The molecule has 3 aromatic rings. The Morgan fingerprint density at radius 3 is 2.86 bits per heavy atom. The molecule has 2 N–H and O–H groups in total. The molecule has 5 nitrogen and oxygen atoms in total. The monoisotopic (exact) mass is 386 g/mol. The summed E-state index contributed by atoms with van der Waals surface area (Å²) in [7, 11) is 1.68. The van der Waals surface area contributed by atoms with Crippen molar-refractivity contribution in [3.05, 3.63) is 82.7 Å². The Balaban J connectivity index is 1.55. The van der Waals surface area contributed by atoms with Crippen molar-refractivity contribution >= 4 is 16.7 Å². The Morgan fingerprint density at radius 1 is 1.24 bits per heavy atom. The van der Waals surface area contributed by atoms with Crippen LogP contribution in [0.4, 0.5) is 0 Å². The molecule has 0 saturated carbocycles. The van der Waals surface area contributed by atoms with E-state index in [1.54, 1.807) is 31.4 Å². The summed E-state index contributed by atoms with van der Waals surface area (Å²) in [4.78, 5) is 18.8. The summed E-state index contributed by atoms with van der Waals surface area (Å²) in [5.74, 6) is 0.707. The van der Waals surface area contributed by atoms with Crippen molar-refractivity contribution < 1.29 is 14.6 Å². The summed E-state index contributed by atoms with van der Waals surface area (Å²) < 4.78 is 5.40. The van der Waals surface area contributed by atoms with Crippen LogP contribution in [0.15, 0.2) is 65.9 Å². The molecule has 0 fully saturated rings. The summed E-state index contributed by atoms with van der Waals surface area (Å²) in [5.41, 5.74) is 5.63. The van der Waals surface area contributed by atoms with Crippen LogP contribution in [0, 0.1) is 0 Å². The number of rotatable bonds is 3. The van der Waals surface area contributed by atoms with E-state index in [0.29, 0.717) is 11.1 Å². The molecule has 3 heterocycles. The maximum Gasteiger partial charge on any atom is 0.198 e. The Labute approximate surface area is 168 Å². The molecule has 29 heavy (non-hydrogen) atoms. The van der Waals surface area contributed by atoms with E-state index in [4.69, 9.17) is 4.74 Å². The fraction of sp³-hybridized carbons (Fsp3) is 0.208. The van der Waals surface area contributed by atoms with Crippen LogP contribution in [0.3, 0.4) is 0 Å². The van der Waals surface area contributed by atoms with Crippen molar-refractivity contribution in [2.75, 3.05) is 13.7 Å². The number of ether oxygens (including phenoxy) is 1. The normalized spacial score (nSPS) is 18.0. The number of phenols is 1. The van der Waals surface area contributed by atoms with Crippen LogP contribution in [-0.2, 0) is 6.42 Å². The molecule has 2 aliphatic rings. The fourth-order valence-corrected chi connectivity index (χ4v) is 4.53. The third-order valence-corrected chi connectivity index (χ3v) is 5.90. The molecule has 0 spiro atoms. The second kappa shape index (κ2) is 6.55. The summed E-state index contributed by atoms with van der Waals surface area (Å²) in [6, 6.07) is 12.9. The molecule has 0 bridgehead atoms. The summed E-state index contributed by atoms with van der Waals surface area (Å²) in [6.07, 6.45) is 4.76. The van der Waals surface area contributed by atoms with Crippen molar-refractivity contribution in [1.82, 2.24) is 9.88 Å². The number of hydrogen-bond donors (Lipinski definition) is 2. The molecule has 1 atom stereocenters. The molecule has 0 saturated heterocycles. The fourth-order valence-electron chi connectivity index (χ4n) is 4.53. The number of Topliss-reactive ketones (excluding diaryl/α,β-unsaturated/α-hetero) is 1. The van der Waals surface area contributed by atoms with Gasteiger partial charge in [0.25, 0.3) is 0 Å². The number of phenolic OH excluding ortho intramolecular Hbond substituents is 1. The van der Waals surface area contributed by atoms with Crippen molar-refractivity contribution in [3.63, 3.8) is 0 Å². The smallest absolute Gasteiger partial charge is 0.198 e. The van der Waals surface area contributed by atoms with Gasteiger partial charge in [0, 0.05) is 34.9 Å². The number of nitrogens with zero attached hydrogens (tertiary/aromatic N) is 1. The molecule has 1 unspecified atom stereocenters. The molecule has 0 amide bonds. The quantitative estimate of drug-likeness (QED) is 0.650. The highest BCUT2D eigenvalue weighted by Crippen LogP contribution is 2.42.